The topological polar surface area (TPSA) is 61.6 Å². The van der Waals surface area contributed by atoms with Crippen molar-refractivity contribution in [3.8, 4) is 0 Å². The number of hydrogen-bond donors (Lipinski definition) is 1. The zero-order valence-electron chi connectivity index (χ0n) is 14.0. The minimum Gasteiger partial charge on any atom is -0.423 e. The molecule has 6 nitrogen and oxygen atoms in total. The second kappa shape index (κ2) is 4.40. The van der Waals surface area contributed by atoms with Crippen LogP contribution in [0, 0.1) is 0 Å². The molecule has 1 aromatic carbocycles. The first-order valence-corrected chi connectivity index (χ1v) is 7.96. The Labute approximate surface area is 135 Å². The van der Waals surface area contributed by atoms with Crippen LogP contribution < -0.4 is 10.2 Å². The molecule has 4 rings (SSSR count). The van der Waals surface area contributed by atoms with Crippen molar-refractivity contribution in [3.63, 3.8) is 0 Å². The molecule has 0 saturated carbocycles. The summed E-state index contributed by atoms with van der Waals surface area (Å²) in [5, 5.41) is 2.89. The number of aromatic nitrogens is 1. The monoisotopic (exact) mass is 314 g/mol. The highest BCUT2D eigenvalue weighted by molar-refractivity contribution is 5.79. The standard InChI is InChI=1S/C17H22N4O2/c1-16(2,3)11-5-6-13-12(7-11)19-15(23-13)21-9-17(10-21)8-18-14(22)20(17)4/h5-7H,8-10H2,1-4H3,(H,18,22). The fraction of sp³-hybridized carbons (Fsp3) is 0.529. The fourth-order valence-corrected chi connectivity index (χ4v) is 3.33. The number of oxazole rings is 1. The average molecular weight is 314 g/mol. The minimum atomic E-state index is -0.117. The van der Waals surface area contributed by atoms with E-state index in [1.807, 2.05) is 13.1 Å². The third-order valence-electron chi connectivity index (χ3n) is 5.07. The largest absolute Gasteiger partial charge is 0.423 e. The van der Waals surface area contributed by atoms with E-state index in [1.54, 1.807) is 4.90 Å². The molecular formula is C17H22N4O2. The molecule has 0 unspecified atom stereocenters. The predicted molar refractivity (Wildman–Crippen MR) is 88.8 cm³/mol. The lowest BCUT2D eigenvalue weighted by atomic mass is 9.87. The molecule has 2 aliphatic heterocycles. The number of fused-ring (bicyclic) bond motifs is 1. The Morgan fingerprint density at radius 3 is 2.65 bits per heavy atom. The zero-order chi connectivity index (χ0) is 16.4. The van der Waals surface area contributed by atoms with Gasteiger partial charge < -0.3 is 19.5 Å². The van der Waals surface area contributed by atoms with Gasteiger partial charge in [0.1, 0.15) is 5.52 Å². The number of carbonyl (C=O) groups excluding carboxylic acids is 1. The number of benzene rings is 1. The second-order valence-corrected chi connectivity index (χ2v) is 7.73. The Kier molecular flexibility index (Phi) is 2.75. The van der Waals surface area contributed by atoms with E-state index >= 15 is 0 Å². The molecular weight excluding hydrogens is 292 g/mol. The SMILES string of the molecule is CN1C(=O)NCC12CN(c1nc3cc(C(C)(C)C)ccc3o1)C2. The Morgan fingerprint density at radius 1 is 1.30 bits per heavy atom. The van der Waals surface area contributed by atoms with Crippen molar-refractivity contribution in [2.75, 3.05) is 31.6 Å². The predicted octanol–water partition coefficient (Wildman–Crippen LogP) is 2.34. The van der Waals surface area contributed by atoms with Crippen molar-refractivity contribution in [1.82, 2.24) is 15.2 Å². The summed E-state index contributed by atoms with van der Waals surface area (Å²) in [6.45, 7) is 8.76. The van der Waals surface area contributed by atoms with Gasteiger partial charge in [0.05, 0.1) is 5.54 Å². The van der Waals surface area contributed by atoms with Crippen LogP contribution in [0.1, 0.15) is 26.3 Å². The summed E-state index contributed by atoms with van der Waals surface area (Å²) in [5.74, 6) is 0. The van der Waals surface area contributed by atoms with E-state index in [1.165, 1.54) is 5.56 Å². The molecule has 122 valence electrons. The summed E-state index contributed by atoms with van der Waals surface area (Å²) in [6, 6.07) is 6.84. The number of urea groups is 1. The molecule has 0 atom stereocenters. The number of nitrogens with one attached hydrogen (secondary N) is 1. The molecule has 0 aliphatic carbocycles. The van der Waals surface area contributed by atoms with Gasteiger partial charge in [-0.15, -0.1) is 0 Å². The van der Waals surface area contributed by atoms with Crippen LogP contribution in [0.4, 0.5) is 10.8 Å². The van der Waals surface area contributed by atoms with E-state index in [-0.39, 0.29) is 17.0 Å². The highest BCUT2D eigenvalue weighted by atomic mass is 16.4. The molecule has 2 fully saturated rings. The Bertz CT molecular complexity index is 783. The molecule has 1 spiro atoms. The van der Waals surface area contributed by atoms with Crippen LogP contribution in [0.3, 0.4) is 0 Å². The summed E-state index contributed by atoms with van der Waals surface area (Å²) in [7, 11) is 1.85. The molecule has 2 amide bonds. The van der Waals surface area contributed by atoms with Gasteiger partial charge in [0.15, 0.2) is 5.58 Å². The van der Waals surface area contributed by atoms with E-state index in [4.69, 9.17) is 4.42 Å². The maximum Gasteiger partial charge on any atom is 0.317 e. The van der Waals surface area contributed by atoms with E-state index in [0.29, 0.717) is 12.6 Å². The summed E-state index contributed by atoms with van der Waals surface area (Å²) >= 11 is 0. The summed E-state index contributed by atoms with van der Waals surface area (Å²) in [4.78, 5) is 20.2. The summed E-state index contributed by atoms with van der Waals surface area (Å²) in [6.07, 6.45) is 0. The number of anilines is 1. The number of amides is 2. The van der Waals surface area contributed by atoms with E-state index < -0.39 is 0 Å². The van der Waals surface area contributed by atoms with Gasteiger partial charge in [-0.2, -0.15) is 4.98 Å². The van der Waals surface area contributed by atoms with Crippen molar-refractivity contribution >= 4 is 23.1 Å². The van der Waals surface area contributed by atoms with E-state index in [2.05, 4.69) is 48.1 Å². The molecule has 0 radical (unpaired) electrons. The van der Waals surface area contributed by atoms with Gasteiger partial charge in [-0.05, 0) is 23.1 Å². The molecule has 2 aliphatic rings. The van der Waals surface area contributed by atoms with E-state index in [0.717, 1.165) is 24.2 Å². The third kappa shape index (κ3) is 2.08. The van der Waals surface area contributed by atoms with Crippen LogP contribution in [-0.2, 0) is 5.41 Å². The molecule has 1 aromatic heterocycles. The average Bonchev–Trinajstić information content (AvgIpc) is 2.98. The van der Waals surface area contributed by atoms with Crippen molar-refractivity contribution in [2.45, 2.75) is 31.7 Å². The maximum atomic E-state index is 11.7. The lowest BCUT2D eigenvalue weighted by Gasteiger charge is -2.49. The maximum absolute atomic E-state index is 11.7. The number of likely N-dealkylation sites (N-methyl/N-ethyl adjacent to an activating group) is 1. The second-order valence-electron chi connectivity index (χ2n) is 7.73. The number of nitrogens with zero attached hydrogens (tertiary/aromatic N) is 3. The van der Waals surface area contributed by atoms with Crippen LogP contribution in [-0.4, -0.2) is 48.1 Å². The van der Waals surface area contributed by atoms with Gasteiger partial charge in [0.25, 0.3) is 6.01 Å². The van der Waals surface area contributed by atoms with Gasteiger partial charge in [0.2, 0.25) is 0 Å². The first-order chi connectivity index (χ1) is 10.8. The minimum absolute atomic E-state index is 0.00275. The molecule has 23 heavy (non-hydrogen) atoms. The first kappa shape index (κ1) is 14.4. The molecule has 2 saturated heterocycles. The summed E-state index contributed by atoms with van der Waals surface area (Å²) in [5.41, 5.74) is 2.92. The fourth-order valence-electron chi connectivity index (χ4n) is 3.33. The first-order valence-electron chi connectivity index (χ1n) is 7.96. The zero-order valence-corrected chi connectivity index (χ0v) is 14.0. The molecule has 2 aromatic rings. The smallest absolute Gasteiger partial charge is 0.317 e. The highest BCUT2D eigenvalue weighted by Gasteiger charge is 2.53. The third-order valence-corrected chi connectivity index (χ3v) is 5.07. The number of rotatable bonds is 1. The Morgan fingerprint density at radius 2 is 2.04 bits per heavy atom. The van der Waals surface area contributed by atoms with Crippen LogP contribution in [0.2, 0.25) is 0 Å². The number of hydrogen-bond acceptors (Lipinski definition) is 4. The van der Waals surface area contributed by atoms with Gasteiger partial charge in [-0.25, -0.2) is 4.79 Å². The summed E-state index contributed by atoms with van der Waals surface area (Å²) < 4.78 is 5.90. The van der Waals surface area contributed by atoms with Crippen molar-refractivity contribution in [3.05, 3.63) is 23.8 Å². The quantitative estimate of drug-likeness (QED) is 0.877. The van der Waals surface area contributed by atoms with Crippen molar-refractivity contribution in [1.29, 1.82) is 0 Å². The van der Waals surface area contributed by atoms with E-state index in [9.17, 15) is 4.79 Å². The lowest BCUT2D eigenvalue weighted by Crippen LogP contribution is -2.69. The molecule has 3 heterocycles. The molecule has 1 N–H and O–H groups in total. The van der Waals surface area contributed by atoms with Gasteiger partial charge in [-0.1, -0.05) is 26.8 Å². The van der Waals surface area contributed by atoms with Gasteiger partial charge in [-0.3, -0.25) is 0 Å². The highest BCUT2D eigenvalue weighted by Crippen LogP contribution is 2.35. The van der Waals surface area contributed by atoms with Crippen LogP contribution >= 0.6 is 0 Å². The van der Waals surface area contributed by atoms with Gasteiger partial charge >= 0.3 is 6.03 Å². The Hall–Kier alpha value is -2.24. The van der Waals surface area contributed by atoms with Crippen LogP contribution in [0.25, 0.3) is 11.1 Å². The Balaban J connectivity index is 1.58. The molecule has 6 heteroatoms. The van der Waals surface area contributed by atoms with Crippen LogP contribution in [0.15, 0.2) is 22.6 Å². The number of carbonyl (C=O) groups is 1. The molecule has 0 bridgehead atoms. The van der Waals surface area contributed by atoms with Crippen molar-refractivity contribution in [2.24, 2.45) is 0 Å². The lowest BCUT2D eigenvalue weighted by molar-refractivity contribution is 0.148. The van der Waals surface area contributed by atoms with Gasteiger partial charge in [0, 0.05) is 26.7 Å². The normalized spacial score (nSPS) is 20.3. The van der Waals surface area contributed by atoms with Crippen molar-refractivity contribution < 1.29 is 9.21 Å². The van der Waals surface area contributed by atoms with Crippen LogP contribution in [0.5, 0.6) is 0 Å².